The Labute approximate surface area is 107 Å². The highest BCUT2D eigenvalue weighted by Crippen LogP contribution is 2.10. The minimum Gasteiger partial charge on any atom is -0.467 e. The van der Waals surface area contributed by atoms with E-state index in [1.165, 1.54) is 7.11 Å². The van der Waals surface area contributed by atoms with Crippen LogP contribution in [0.3, 0.4) is 0 Å². The molecule has 1 N–H and O–H groups in total. The first-order chi connectivity index (χ1) is 8.60. The van der Waals surface area contributed by atoms with E-state index in [2.05, 4.69) is 5.32 Å². The molecule has 4 nitrogen and oxygen atoms in total. The molecule has 0 aromatic heterocycles. The zero-order valence-electron chi connectivity index (χ0n) is 11.0. The number of carbonyl (C=O) groups excluding carboxylic acids is 2. The van der Waals surface area contributed by atoms with E-state index in [0.717, 1.165) is 6.42 Å². The second-order valence-electron chi connectivity index (χ2n) is 4.23. The van der Waals surface area contributed by atoms with Crippen molar-refractivity contribution in [3.63, 3.8) is 0 Å². The summed E-state index contributed by atoms with van der Waals surface area (Å²) in [5, 5.41) is 2.72. The number of hydrogen-bond acceptors (Lipinski definition) is 3. The van der Waals surface area contributed by atoms with Crippen LogP contribution in [0.15, 0.2) is 30.3 Å². The Morgan fingerprint density at radius 1 is 1.28 bits per heavy atom. The molecular weight excluding hydrogens is 230 g/mol. The van der Waals surface area contributed by atoms with Crippen LogP contribution in [0.5, 0.6) is 0 Å². The SMILES string of the molecule is CC[C@@H](C)[C@@H](NC(=O)c1ccccc1)C(=O)OC. The number of rotatable bonds is 5. The van der Waals surface area contributed by atoms with Crippen LogP contribution in [0.25, 0.3) is 0 Å². The van der Waals surface area contributed by atoms with Crippen molar-refractivity contribution in [2.24, 2.45) is 5.92 Å². The van der Waals surface area contributed by atoms with E-state index in [4.69, 9.17) is 4.74 Å². The monoisotopic (exact) mass is 249 g/mol. The second-order valence-corrected chi connectivity index (χ2v) is 4.23. The topological polar surface area (TPSA) is 55.4 Å². The normalized spacial score (nSPS) is 13.5. The van der Waals surface area contributed by atoms with Crippen molar-refractivity contribution in [2.45, 2.75) is 26.3 Å². The molecule has 0 radical (unpaired) electrons. The number of hydrogen-bond donors (Lipinski definition) is 1. The molecule has 98 valence electrons. The van der Waals surface area contributed by atoms with Gasteiger partial charge in [0.2, 0.25) is 0 Å². The van der Waals surface area contributed by atoms with Crippen LogP contribution in [0, 0.1) is 5.92 Å². The van der Waals surface area contributed by atoms with E-state index in [1.807, 2.05) is 19.9 Å². The van der Waals surface area contributed by atoms with Gasteiger partial charge < -0.3 is 10.1 Å². The van der Waals surface area contributed by atoms with E-state index >= 15 is 0 Å². The summed E-state index contributed by atoms with van der Waals surface area (Å²) in [7, 11) is 1.33. The van der Waals surface area contributed by atoms with Gasteiger partial charge in [-0.25, -0.2) is 4.79 Å². The molecule has 0 saturated heterocycles. The number of ether oxygens (including phenoxy) is 1. The van der Waals surface area contributed by atoms with Crippen molar-refractivity contribution in [1.29, 1.82) is 0 Å². The number of methoxy groups -OCH3 is 1. The maximum absolute atomic E-state index is 12.0. The lowest BCUT2D eigenvalue weighted by atomic mass is 9.99. The van der Waals surface area contributed by atoms with E-state index < -0.39 is 12.0 Å². The van der Waals surface area contributed by atoms with Gasteiger partial charge in [-0.15, -0.1) is 0 Å². The molecule has 4 heteroatoms. The van der Waals surface area contributed by atoms with Crippen molar-refractivity contribution in [3.8, 4) is 0 Å². The Morgan fingerprint density at radius 2 is 1.89 bits per heavy atom. The van der Waals surface area contributed by atoms with Crippen molar-refractivity contribution in [1.82, 2.24) is 5.32 Å². The van der Waals surface area contributed by atoms with Gasteiger partial charge in [-0.2, -0.15) is 0 Å². The summed E-state index contributed by atoms with van der Waals surface area (Å²) in [4.78, 5) is 23.6. The third-order valence-corrected chi connectivity index (χ3v) is 2.99. The number of amides is 1. The molecule has 0 aliphatic carbocycles. The van der Waals surface area contributed by atoms with E-state index in [-0.39, 0.29) is 11.8 Å². The fourth-order valence-corrected chi connectivity index (χ4v) is 1.61. The Bertz CT molecular complexity index is 403. The van der Waals surface area contributed by atoms with Gasteiger partial charge in [-0.05, 0) is 18.1 Å². The van der Waals surface area contributed by atoms with Crippen LogP contribution >= 0.6 is 0 Å². The molecular formula is C14H19NO3. The van der Waals surface area contributed by atoms with Crippen molar-refractivity contribution in [3.05, 3.63) is 35.9 Å². The molecule has 18 heavy (non-hydrogen) atoms. The quantitative estimate of drug-likeness (QED) is 0.812. The molecule has 0 bridgehead atoms. The highest BCUT2D eigenvalue weighted by molar-refractivity contribution is 5.96. The summed E-state index contributed by atoms with van der Waals surface area (Å²) in [6.07, 6.45) is 0.787. The van der Waals surface area contributed by atoms with Gasteiger partial charge in [0.15, 0.2) is 0 Å². The zero-order valence-corrected chi connectivity index (χ0v) is 11.0. The summed E-state index contributed by atoms with van der Waals surface area (Å²) < 4.78 is 4.72. The molecule has 1 aromatic carbocycles. The maximum Gasteiger partial charge on any atom is 0.328 e. The van der Waals surface area contributed by atoms with Gasteiger partial charge in [0.1, 0.15) is 6.04 Å². The van der Waals surface area contributed by atoms with Crippen LogP contribution < -0.4 is 5.32 Å². The highest BCUT2D eigenvalue weighted by Gasteiger charge is 2.26. The smallest absolute Gasteiger partial charge is 0.328 e. The Balaban J connectivity index is 2.78. The van der Waals surface area contributed by atoms with Crippen molar-refractivity contribution >= 4 is 11.9 Å². The van der Waals surface area contributed by atoms with Gasteiger partial charge >= 0.3 is 5.97 Å². The lowest BCUT2D eigenvalue weighted by Gasteiger charge is -2.21. The minimum atomic E-state index is -0.604. The van der Waals surface area contributed by atoms with E-state index in [0.29, 0.717) is 5.56 Å². The Morgan fingerprint density at radius 3 is 2.39 bits per heavy atom. The maximum atomic E-state index is 12.0. The fraction of sp³-hybridized carbons (Fsp3) is 0.429. The summed E-state index contributed by atoms with van der Waals surface area (Å²) >= 11 is 0. The standard InChI is InChI=1S/C14H19NO3/c1-4-10(2)12(14(17)18-3)15-13(16)11-8-6-5-7-9-11/h5-10,12H,4H2,1-3H3,(H,15,16)/t10-,12-/m1/s1. The predicted octanol–water partition coefficient (Wildman–Crippen LogP) is 2.00. The van der Waals surface area contributed by atoms with Gasteiger partial charge in [-0.1, -0.05) is 38.5 Å². The Hall–Kier alpha value is -1.84. The van der Waals surface area contributed by atoms with Gasteiger partial charge in [0, 0.05) is 5.56 Å². The largest absolute Gasteiger partial charge is 0.467 e. The van der Waals surface area contributed by atoms with Crippen LogP contribution in [0.2, 0.25) is 0 Å². The molecule has 0 saturated carbocycles. The van der Waals surface area contributed by atoms with Crippen LogP contribution in [0.4, 0.5) is 0 Å². The van der Waals surface area contributed by atoms with Crippen LogP contribution in [-0.4, -0.2) is 25.0 Å². The summed E-state index contributed by atoms with van der Waals surface area (Å²) in [6, 6.07) is 8.22. The molecule has 1 aromatic rings. The first kappa shape index (κ1) is 14.2. The molecule has 0 unspecified atom stereocenters. The summed E-state index contributed by atoms with van der Waals surface area (Å²) in [5.41, 5.74) is 0.537. The van der Waals surface area contributed by atoms with Crippen LogP contribution in [0.1, 0.15) is 30.6 Å². The molecule has 0 aliphatic heterocycles. The number of esters is 1. The predicted molar refractivity (Wildman–Crippen MR) is 69.2 cm³/mol. The van der Waals surface area contributed by atoms with Gasteiger partial charge in [0.25, 0.3) is 5.91 Å². The van der Waals surface area contributed by atoms with Crippen molar-refractivity contribution < 1.29 is 14.3 Å². The third kappa shape index (κ3) is 3.58. The molecule has 1 rings (SSSR count). The average Bonchev–Trinajstić information content (AvgIpc) is 2.43. The minimum absolute atomic E-state index is 0.0325. The lowest BCUT2D eigenvalue weighted by Crippen LogP contribution is -2.45. The molecule has 0 aliphatic rings. The van der Waals surface area contributed by atoms with E-state index in [9.17, 15) is 9.59 Å². The fourth-order valence-electron chi connectivity index (χ4n) is 1.61. The Kier molecular flexibility index (Phi) is 5.36. The number of benzene rings is 1. The van der Waals surface area contributed by atoms with Gasteiger partial charge in [0.05, 0.1) is 7.11 Å². The van der Waals surface area contributed by atoms with Crippen LogP contribution in [-0.2, 0) is 9.53 Å². The van der Waals surface area contributed by atoms with Crippen molar-refractivity contribution in [2.75, 3.05) is 7.11 Å². The first-order valence-electron chi connectivity index (χ1n) is 6.03. The summed E-state index contributed by atoms with van der Waals surface area (Å²) in [5.74, 6) is -0.634. The molecule has 2 atom stereocenters. The summed E-state index contributed by atoms with van der Waals surface area (Å²) in [6.45, 7) is 3.88. The highest BCUT2D eigenvalue weighted by atomic mass is 16.5. The second kappa shape index (κ2) is 6.79. The number of nitrogens with one attached hydrogen (secondary N) is 1. The van der Waals surface area contributed by atoms with E-state index in [1.54, 1.807) is 24.3 Å². The molecule has 0 fully saturated rings. The zero-order chi connectivity index (χ0) is 13.5. The molecule has 0 heterocycles. The van der Waals surface area contributed by atoms with Gasteiger partial charge in [-0.3, -0.25) is 4.79 Å². The lowest BCUT2D eigenvalue weighted by molar-refractivity contribution is -0.144. The average molecular weight is 249 g/mol. The number of carbonyl (C=O) groups is 2. The first-order valence-corrected chi connectivity index (χ1v) is 6.03. The third-order valence-electron chi connectivity index (χ3n) is 2.99. The molecule has 1 amide bonds. The molecule has 0 spiro atoms.